The van der Waals surface area contributed by atoms with Crippen LogP contribution in [0.5, 0.6) is 0 Å². The van der Waals surface area contributed by atoms with E-state index in [9.17, 15) is 13.2 Å². The number of aromatic nitrogens is 1. The van der Waals surface area contributed by atoms with Gasteiger partial charge in [0, 0.05) is 30.1 Å². The largest absolute Gasteiger partial charge is 0.324 e. The van der Waals surface area contributed by atoms with Crippen LogP contribution in [0.4, 0.5) is 0 Å². The quantitative estimate of drug-likeness (QED) is 0.879. The molecule has 0 saturated carbocycles. The fourth-order valence-corrected chi connectivity index (χ4v) is 4.07. The Labute approximate surface area is 119 Å². The third-order valence-corrected chi connectivity index (χ3v) is 5.63. The van der Waals surface area contributed by atoms with Crippen LogP contribution in [0.15, 0.2) is 16.9 Å². The molecule has 20 heavy (non-hydrogen) atoms. The van der Waals surface area contributed by atoms with Crippen molar-refractivity contribution < 1.29 is 8.42 Å². The maximum atomic E-state index is 12.0. The number of pyridine rings is 1. The van der Waals surface area contributed by atoms with E-state index in [1.54, 1.807) is 10.6 Å². The first kappa shape index (κ1) is 15.3. The van der Waals surface area contributed by atoms with Gasteiger partial charge in [0.1, 0.15) is 0 Å². The lowest BCUT2D eigenvalue weighted by Crippen LogP contribution is -2.31. The minimum absolute atomic E-state index is 0.0203. The zero-order chi connectivity index (χ0) is 14.8. The van der Waals surface area contributed by atoms with Crippen molar-refractivity contribution in [2.45, 2.75) is 45.2 Å². The van der Waals surface area contributed by atoms with Crippen molar-refractivity contribution in [2.75, 3.05) is 11.5 Å². The molecule has 1 unspecified atom stereocenters. The van der Waals surface area contributed by atoms with Gasteiger partial charge in [-0.2, -0.15) is 0 Å². The Morgan fingerprint density at radius 3 is 2.80 bits per heavy atom. The van der Waals surface area contributed by atoms with Crippen molar-refractivity contribution in [1.82, 2.24) is 4.57 Å². The monoisotopic (exact) mass is 298 g/mol. The van der Waals surface area contributed by atoms with Gasteiger partial charge in [-0.05, 0) is 31.2 Å². The van der Waals surface area contributed by atoms with Crippen LogP contribution in [-0.4, -0.2) is 24.5 Å². The highest BCUT2D eigenvalue weighted by Gasteiger charge is 2.21. The van der Waals surface area contributed by atoms with Crippen LogP contribution in [-0.2, 0) is 22.8 Å². The highest BCUT2D eigenvalue weighted by Crippen LogP contribution is 2.26. The van der Waals surface area contributed by atoms with E-state index in [1.807, 2.05) is 6.92 Å². The number of fused-ring (bicyclic) bond motifs is 1. The second kappa shape index (κ2) is 6.10. The molecule has 5 nitrogen and oxygen atoms in total. The van der Waals surface area contributed by atoms with E-state index in [2.05, 4.69) is 0 Å². The predicted molar refractivity (Wildman–Crippen MR) is 79.5 cm³/mol. The van der Waals surface area contributed by atoms with Gasteiger partial charge >= 0.3 is 0 Å². The standard InChI is InChI=1S/C14H22N2O3S/c1-2-9-20(18,19)10-8-16-13-5-3-4-12(15)11(13)6-7-14(16)17/h6-7,12H,2-5,8-10,15H2,1H3. The molecular weight excluding hydrogens is 276 g/mol. The molecule has 0 radical (unpaired) electrons. The Balaban J connectivity index is 2.28. The highest BCUT2D eigenvalue weighted by molar-refractivity contribution is 7.91. The van der Waals surface area contributed by atoms with Crippen molar-refractivity contribution in [3.05, 3.63) is 33.7 Å². The van der Waals surface area contributed by atoms with E-state index in [0.29, 0.717) is 6.42 Å². The minimum atomic E-state index is -3.08. The minimum Gasteiger partial charge on any atom is -0.324 e. The fraction of sp³-hybridized carbons (Fsp3) is 0.643. The number of hydrogen-bond donors (Lipinski definition) is 1. The second-order valence-electron chi connectivity index (χ2n) is 5.38. The van der Waals surface area contributed by atoms with Gasteiger partial charge in [-0.25, -0.2) is 8.42 Å². The third-order valence-electron chi connectivity index (χ3n) is 3.80. The molecule has 1 aliphatic carbocycles. The van der Waals surface area contributed by atoms with E-state index in [-0.39, 0.29) is 29.7 Å². The van der Waals surface area contributed by atoms with Crippen molar-refractivity contribution in [1.29, 1.82) is 0 Å². The Bertz CT molecular complexity index is 634. The molecule has 0 saturated heterocycles. The van der Waals surface area contributed by atoms with Crippen LogP contribution in [0, 0.1) is 0 Å². The lowest BCUT2D eigenvalue weighted by Gasteiger charge is -2.25. The molecule has 2 N–H and O–H groups in total. The van der Waals surface area contributed by atoms with Crippen molar-refractivity contribution in [3.8, 4) is 0 Å². The molecule has 1 aliphatic rings. The Morgan fingerprint density at radius 2 is 2.10 bits per heavy atom. The second-order valence-corrected chi connectivity index (χ2v) is 7.68. The Morgan fingerprint density at radius 1 is 1.35 bits per heavy atom. The molecule has 1 aromatic heterocycles. The highest BCUT2D eigenvalue weighted by atomic mass is 32.2. The first-order valence-electron chi connectivity index (χ1n) is 7.13. The molecule has 0 spiro atoms. The SMILES string of the molecule is CCCS(=O)(=O)CCn1c2c(ccc1=O)C(N)CCC2. The summed E-state index contributed by atoms with van der Waals surface area (Å²) in [5, 5.41) is 0. The molecule has 1 aromatic rings. The fourth-order valence-electron chi connectivity index (χ4n) is 2.79. The van der Waals surface area contributed by atoms with Crippen molar-refractivity contribution in [3.63, 3.8) is 0 Å². The molecule has 1 heterocycles. The lowest BCUT2D eigenvalue weighted by molar-refractivity contribution is 0.522. The summed E-state index contributed by atoms with van der Waals surface area (Å²) in [6.07, 6.45) is 3.26. The third kappa shape index (κ3) is 3.30. The van der Waals surface area contributed by atoms with Gasteiger partial charge in [0.25, 0.3) is 5.56 Å². The molecule has 0 amide bonds. The maximum absolute atomic E-state index is 12.0. The van der Waals surface area contributed by atoms with E-state index < -0.39 is 9.84 Å². The zero-order valence-electron chi connectivity index (χ0n) is 11.8. The van der Waals surface area contributed by atoms with Gasteiger partial charge in [-0.1, -0.05) is 13.0 Å². The molecule has 1 atom stereocenters. The maximum Gasteiger partial charge on any atom is 0.250 e. The molecule has 0 fully saturated rings. The van der Waals surface area contributed by atoms with Crippen molar-refractivity contribution >= 4 is 9.84 Å². The van der Waals surface area contributed by atoms with Crippen molar-refractivity contribution in [2.24, 2.45) is 5.73 Å². The van der Waals surface area contributed by atoms with Gasteiger partial charge in [0.2, 0.25) is 0 Å². The summed E-state index contributed by atoms with van der Waals surface area (Å²) in [5.74, 6) is 0.197. The summed E-state index contributed by atoms with van der Waals surface area (Å²) in [7, 11) is -3.08. The zero-order valence-corrected chi connectivity index (χ0v) is 12.7. The number of nitrogens with zero attached hydrogens (tertiary/aromatic N) is 1. The van der Waals surface area contributed by atoms with Crippen LogP contribution >= 0.6 is 0 Å². The summed E-state index contributed by atoms with van der Waals surface area (Å²) < 4.78 is 25.2. The van der Waals surface area contributed by atoms with Crippen LogP contribution in [0.2, 0.25) is 0 Å². The number of sulfone groups is 1. The number of hydrogen-bond acceptors (Lipinski definition) is 4. The molecular formula is C14H22N2O3S. The van der Waals surface area contributed by atoms with E-state index >= 15 is 0 Å². The van der Waals surface area contributed by atoms with E-state index in [4.69, 9.17) is 5.73 Å². The predicted octanol–water partition coefficient (Wildman–Crippen LogP) is 1.01. The summed E-state index contributed by atoms with van der Waals surface area (Å²) in [4.78, 5) is 12.0. The van der Waals surface area contributed by atoms with Gasteiger partial charge in [0.05, 0.1) is 5.75 Å². The van der Waals surface area contributed by atoms with Gasteiger partial charge in [-0.3, -0.25) is 4.79 Å². The number of nitrogens with two attached hydrogens (primary N) is 1. The lowest BCUT2D eigenvalue weighted by atomic mass is 9.91. The Hall–Kier alpha value is -1.14. The first-order valence-corrected chi connectivity index (χ1v) is 8.95. The molecule has 2 rings (SSSR count). The van der Waals surface area contributed by atoms with Gasteiger partial charge in [0.15, 0.2) is 9.84 Å². The summed E-state index contributed by atoms with van der Waals surface area (Å²) >= 11 is 0. The van der Waals surface area contributed by atoms with E-state index in [1.165, 1.54) is 6.07 Å². The summed E-state index contributed by atoms with van der Waals surface area (Å²) in [5.41, 5.74) is 7.84. The summed E-state index contributed by atoms with van der Waals surface area (Å²) in [6, 6.07) is 3.24. The summed E-state index contributed by atoms with van der Waals surface area (Å²) in [6.45, 7) is 2.07. The topological polar surface area (TPSA) is 82.2 Å². The average Bonchev–Trinajstić information content (AvgIpc) is 2.37. The first-order chi connectivity index (χ1) is 9.44. The average molecular weight is 298 g/mol. The molecule has 0 aromatic carbocycles. The molecule has 0 aliphatic heterocycles. The smallest absolute Gasteiger partial charge is 0.250 e. The molecule has 112 valence electrons. The van der Waals surface area contributed by atoms with E-state index in [0.717, 1.165) is 30.5 Å². The van der Waals surface area contributed by atoms with Gasteiger partial charge < -0.3 is 10.3 Å². The van der Waals surface area contributed by atoms with Crippen LogP contribution in [0.1, 0.15) is 43.5 Å². The van der Waals surface area contributed by atoms with Crippen LogP contribution in [0.25, 0.3) is 0 Å². The number of rotatable bonds is 5. The van der Waals surface area contributed by atoms with Crippen LogP contribution in [0.3, 0.4) is 0 Å². The van der Waals surface area contributed by atoms with Gasteiger partial charge in [-0.15, -0.1) is 0 Å². The molecule has 0 bridgehead atoms. The Kier molecular flexibility index (Phi) is 4.65. The normalized spacial score (nSPS) is 18.8. The van der Waals surface area contributed by atoms with Crippen LogP contribution < -0.4 is 11.3 Å². The molecule has 6 heteroatoms.